The van der Waals surface area contributed by atoms with E-state index in [2.05, 4.69) is 30.7 Å². The lowest BCUT2D eigenvalue weighted by Crippen LogP contribution is -2.40. The summed E-state index contributed by atoms with van der Waals surface area (Å²) in [6.45, 7) is 6.97. The van der Waals surface area contributed by atoms with Crippen molar-refractivity contribution >= 4 is 44.9 Å². The second-order valence-electron chi connectivity index (χ2n) is 8.84. The molecule has 35 heavy (non-hydrogen) atoms. The average Bonchev–Trinajstić information content (AvgIpc) is 3.47. The number of ether oxygens (including phenoxy) is 1. The van der Waals surface area contributed by atoms with Crippen molar-refractivity contribution in [1.82, 2.24) is 20.5 Å². The van der Waals surface area contributed by atoms with Crippen LogP contribution in [0.15, 0.2) is 54.9 Å². The first-order valence-corrected chi connectivity index (χ1v) is 12.2. The molecule has 3 N–H and O–H groups in total. The van der Waals surface area contributed by atoms with Gasteiger partial charge in [-0.2, -0.15) is 5.10 Å². The van der Waals surface area contributed by atoms with Crippen LogP contribution in [0.4, 0.5) is 11.5 Å². The van der Waals surface area contributed by atoms with Gasteiger partial charge in [-0.25, -0.2) is 0 Å². The van der Waals surface area contributed by atoms with Crippen molar-refractivity contribution < 1.29 is 14.3 Å². The number of aromatic amines is 1. The molecular formula is C25H26N6O3S. The Morgan fingerprint density at radius 2 is 1.77 bits per heavy atom. The molecule has 4 heterocycles. The lowest BCUT2D eigenvalue weighted by molar-refractivity contribution is 0.0915. The van der Waals surface area contributed by atoms with E-state index in [1.807, 2.05) is 38.1 Å². The Bertz CT molecular complexity index is 1340. The third-order valence-electron chi connectivity index (χ3n) is 6.05. The van der Waals surface area contributed by atoms with Gasteiger partial charge in [-0.3, -0.25) is 19.7 Å². The number of carbonyl (C=O) groups excluding carboxylic acids is 2. The number of fused-ring (bicyclic) bond motifs is 1. The molecular weight excluding hydrogens is 464 g/mol. The summed E-state index contributed by atoms with van der Waals surface area (Å²) in [6, 6.07) is 13.0. The van der Waals surface area contributed by atoms with Crippen LogP contribution in [0.5, 0.6) is 0 Å². The van der Waals surface area contributed by atoms with E-state index in [0.29, 0.717) is 39.7 Å². The van der Waals surface area contributed by atoms with Crippen LogP contribution < -0.4 is 15.5 Å². The Labute approximate surface area is 206 Å². The molecule has 1 fully saturated rings. The van der Waals surface area contributed by atoms with Gasteiger partial charge in [0.05, 0.1) is 29.0 Å². The predicted octanol–water partition coefficient (Wildman–Crippen LogP) is 3.77. The minimum atomic E-state index is -0.571. The molecule has 0 bridgehead atoms. The number of amides is 2. The van der Waals surface area contributed by atoms with Crippen LogP contribution in [0.2, 0.25) is 0 Å². The van der Waals surface area contributed by atoms with E-state index in [1.165, 1.54) is 11.3 Å². The summed E-state index contributed by atoms with van der Waals surface area (Å²) >= 11 is 1.27. The van der Waals surface area contributed by atoms with E-state index in [1.54, 1.807) is 30.6 Å². The van der Waals surface area contributed by atoms with E-state index < -0.39 is 5.54 Å². The number of rotatable bonds is 6. The van der Waals surface area contributed by atoms with Gasteiger partial charge in [0.2, 0.25) is 0 Å². The number of benzene rings is 1. The number of aromatic nitrogens is 3. The second kappa shape index (κ2) is 9.47. The molecule has 2 amide bonds. The fourth-order valence-electron chi connectivity index (χ4n) is 4.03. The maximum absolute atomic E-state index is 13.0. The average molecular weight is 491 g/mol. The van der Waals surface area contributed by atoms with Gasteiger partial charge in [-0.05, 0) is 61.9 Å². The molecule has 4 aromatic rings. The molecule has 3 aromatic heterocycles. The number of thiophene rings is 1. The molecule has 0 saturated carbocycles. The van der Waals surface area contributed by atoms with Gasteiger partial charge in [-0.1, -0.05) is 0 Å². The highest BCUT2D eigenvalue weighted by Crippen LogP contribution is 2.30. The largest absolute Gasteiger partial charge is 0.378 e. The molecule has 0 aliphatic carbocycles. The van der Waals surface area contributed by atoms with E-state index in [4.69, 9.17) is 4.74 Å². The number of nitrogens with one attached hydrogen (secondary N) is 3. The molecule has 1 aromatic carbocycles. The molecule has 1 saturated heterocycles. The summed E-state index contributed by atoms with van der Waals surface area (Å²) in [7, 11) is 0. The molecule has 0 unspecified atom stereocenters. The first-order valence-electron chi connectivity index (χ1n) is 11.4. The van der Waals surface area contributed by atoms with E-state index in [0.717, 1.165) is 24.3 Å². The molecule has 0 spiro atoms. The van der Waals surface area contributed by atoms with Crippen molar-refractivity contribution in [3.8, 4) is 0 Å². The summed E-state index contributed by atoms with van der Waals surface area (Å²) in [5, 5.41) is 13.8. The highest BCUT2D eigenvalue weighted by molar-refractivity contribution is 7.20. The molecule has 0 atom stereocenters. The highest BCUT2D eigenvalue weighted by Gasteiger charge is 2.25. The van der Waals surface area contributed by atoms with Gasteiger partial charge in [0.25, 0.3) is 11.8 Å². The quantitative estimate of drug-likeness (QED) is 0.379. The van der Waals surface area contributed by atoms with Crippen LogP contribution >= 0.6 is 11.3 Å². The number of hydrogen-bond acceptors (Lipinski definition) is 7. The van der Waals surface area contributed by atoms with Gasteiger partial charge in [0, 0.05) is 36.7 Å². The molecule has 10 heteroatoms. The summed E-state index contributed by atoms with van der Waals surface area (Å²) < 4.78 is 5.40. The monoisotopic (exact) mass is 490 g/mol. The number of morpholine rings is 1. The molecule has 1 aliphatic heterocycles. The number of anilines is 2. The number of H-pyrrole nitrogens is 1. The maximum Gasteiger partial charge on any atom is 0.262 e. The summed E-state index contributed by atoms with van der Waals surface area (Å²) in [4.78, 5) is 33.3. The topological polar surface area (TPSA) is 112 Å². The molecule has 1 aliphatic rings. The lowest BCUT2D eigenvalue weighted by Gasteiger charge is -2.28. The molecule has 0 radical (unpaired) electrons. The summed E-state index contributed by atoms with van der Waals surface area (Å²) in [6.07, 6.45) is 3.40. The second-order valence-corrected chi connectivity index (χ2v) is 9.87. The van der Waals surface area contributed by atoms with Gasteiger partial charge in [0.15, 0.2) is 0 Å². The van der Waals surface area contributed by atoms with Crippen LogP contribution in [0.1, 0.15) is 39.4 Å². The lowest BCUT2D eigenvalue weighted by atomic mass is 9.95. The minimum Gasteiger partial charge on any atom is -0.378 e. The van der Waals surface area contributed by atoms with Crippen molar-refractivity contribution in [3.05, 3.63) is 70.9 Å². The van der Waals surface area contributed by atoms with E-state index in [9.17, 15) is 9.59 Å². The molecule has 9 nitrogen and oxygen atoms in total. The van der Waals surface area contributed by atoms with Crippen LogP contribution in [0.3, 0.4) is 0 Å². The number of hydrogen-bond donors (Lipinski definition) is 3. The van der Waals surface area contributed by atoms with E-state index >= 15 is 0 Å². The summed E-state index contributed by atoms with van der Waals surface area (Å²) in [5.74, 6) is 0.0110. The predicted molar refractivity (Wildman–Crippen MR) is 136 cm³/mol. The third kappa shape index (κ3) is 4.89. The Balaban J connectivity index is 1.28. The highest BCUT2D eigenvalue weighted by atomic mass is 32.1. The van der Waals surface area contributed by atoms with Crippen molar-refractivity contribution in [3.63, 3.8) is 0 Å². The van der Waals surface area contributed by atoms with Gasteiger partial charge >= 0.3 is 0 Å². The van der Waals surface area contributed by atoms with E-state index in [-0.39, 0.29) is 11.8 Å². The number of carbonyl (C=O) groups is 2. The van der Waals surface area contributed by atoms with Crippen LogP contribution in [0.25, 0.3) is 10.2 Å². The minimum absolute atomic E-state index is 0.203. The first-order chi connectivity index (χ1) is 16.9. The van der Waals surface area contributed by atoms with Crippen LogP contribution in [-0.4, -0.2) is 53.3 Å². The Morgan fingerprint density at radius 3 is 2.49 bits per heavy atom. The normalized spacial score (nSPS) is 14.2. The maximum atomic E-state index is 13.0. The van der Waals surface area contributed by atoms with Gasteiger partial charge in [-0.15, -0.1) is 11.3 Å². The Hall–Kier alpha value is -3.76. The van der Waals surface area contributed by atoms with Crippen LogP contribution in [-0.2, 0) is 10.3 Å². The van der Waals surface area contributed by atoms with Gasteiger partial charge < -0.3 is 20.3 Å². The molecule has 180 valence electrons. The van der Waals surface area contributed by atoms with Gasteiger partial charge in [0.1, 0.15) is 10.6 Å². The number of nitrogens with zero attached hydrogens (tertiary/aromatic N) is 3. The van der Waals surface area contributed by atoms with Crippen molar-refractivity contribution in [2.24, 2.45) is 0 Å². The third-order valence-corrected chi connectivity index (χ3v) is 7.07. The molecule has 5 rings (SSSR count). The smallest absolute Gasteiger partial charge is 0.262 e. The zero-order chi connectivity index (χ0) is 24.4. The zero-order valence-electron chi connectivity index (χ0n) is 19.5. The fraction of sp³-hybridized carbons (Fsp3) is 0.280. The fourth-order valence-corrected chi connectivity index (χ4v) is 4.93. The van der Waals surface area contributed by atoms with Crippen molar-refractivity contribution in [1.29, 1.82) is 0 Å². The number of pyridine rings is 1. The Kier molecular flexibility index (Phi) is 6.23. The summed E-state index contributed by atoms with van der Waals surface area (Å²) in [5.41, 5.74) is 1.99. The van der Waals surface area contributed by atoms with Crippen LogP contribution in [0, 0.1) is 0 Å². The standard InChI is InChI=1S/C25H26N6O3S/c1-25(2,17-7-9-26-10-8-17)28-23(33)20-15-19-21(29-30-24(19)35-20)27-22(32)16-3-5-18(6-4-16)31-11-13-34-14-12-31/h3-10,15H,11-14H2,1-2H3,(H,28,33)(H2,27,29,30,32). The van der Waals surface area contributed by atoms with Crippen molar-refractivity contribution in [2.45, 2.75) is 19.4 Å². The Morgan fingerprint density at radius 1 is 1.06 bits per heavy atom. The zero-order valence-corrected chi connectivity index (χ0v) is 20.3. The van der Waals surface area contributed by atoms with Crippen molar-refractivity contribution in [2.75, 3.05) is 36.5 Å². The first kappa shape index (κ1) is 23.0. The SMILES string of the molecule is CC(C)(NC(=O)c1cc2c(NC(=O)c3ccc(N4CCOCC4)cc3)[nH]nc2s1)c1ccncc1.